The number of carboxylic acid groups (broad SMARTS) is 1. The zero-order chi connectivity index (χ0) is 15.4. The largest absolute Gasteiger partial charge is 0.481 e. The SMILES string of the molecule is C[C@H](c1ccccc1)N(C)C(=O)C1CCC(C(=O)O)CC1. The maximum absolute atomic E-state index is 12.6. The van der Waals surface area contributed by atoms with Gasteiger partial charge in [-0.3, -0.25) is 9.59 Å². The Morgan fingerprint density at radius 1 is 1.10 bits per heavy atom. The highest BCUT2D eigenvalue weighted by Gasteiger charge is 2.32. The van der Waals surface area contributed by atoms with Gasteiger partial charge in [-0.15, -0.1) is 0 Å². The third-order valence-corrected chi connectivity index (χ3v) is 4.64. The molecule has 0 saturated heterocycles. The van der Waals surface area contributed by atoms with Gasteiger partial charge in [0.2, 0.25) is 5.91 Å². The molecule has 1 aromatic carbocycles. The Morgan fingerprint density at radius 2 is 1.62 bits per heavy atom. The molecule has 1 aliphatic carbocycles. The van der Waals surface area contributed by atoms with Gasteiger partial charge in [-0.05, 0) is 38.2 Å². The van der Waals surface area contributed by atoms with Crippen LogP contribution in [0.1, 0.15) is 44.2 Å². The molecular weight excluding hydrogens is 266 g/mol. The van der Waals surface area contributed by atoms with Crippen LogP contribution < -0.4 is 0 Å². The van der Waals surface area contributed by atoms with E-state index in [4.69, 9.17) is 5.11 Å². The third-order valence-electron chi connectivity index (χ3n) is 4.64. The van der Waals surface area contributed by atoms with Crippen LogP contribution in [0.5, 0.6) is 0 Å². The average Bonchev–Trinajstić information content (AvgIpc) is 2.53. The Kier molecular flexibility index (Phi) is 4.99. The van der Waals surface area contributed by atoms with E-state index in [1.54, 1.807) is 4.90 Å². The molecule has 2 rings (SSSR count). The van der Waals surface area contributed by atoms with E-state index in [0.29, 0.717) is 25.7 Å². The summed E-state index contributed by atoms with van der Waals surface area (Å²) in [5.74, 6) is -0.898. The minimum atomic E-state index is -0.730. The number of carboxylic acids is 1. The van der Waals surface area contributed by atoms with Crippen LogP contribution in [-0.4, -0.2) is 28.9 Å². The topological polar surface area (TPSA) is 57.6 Å². The van der Waals surface area contributed by atoms with Gasteiger partial charge in [0.05, 0.1) is 12.0 Å². The lowest BCUT2D eigenvalue weighted by Gasteiger charge is -2.32. The van der Waals surface area contributed by atoms with Crippen LogP contribution in [-0.2, 0) is 9.59 Å². The summed E-state index contributed by atoms with van der Waals surface area (Å²) < 4.78 is 0. The molecule has 1 aliphatic rings. The monoisotopic (exact) mass is 289 g/mol. The fourth-order valence-corrected chi connectivity index (χ4v) is 3.02. The first-order chi connectivity index (χ1) is 10.0. The smallest absolute Gasteiger partial charge is 0.306 e. The minimum Gasteiger partial charge on any atom is -0.481 e. The Balaban J connectivity index is 1.96. The maximum atomic E-state index is 12.6. The number of benzene rings is 1. The highest BCUT2D eigenvalue weighted by molar-refractivity contribution is 5.79. The molecule has 0 aromatic heterocycles. The summed E-state index contributed by atoms with van der Waals surface area (Å²) >= 11 is 0. The van der Waals surface area contributed by atoms with Gasteiger partial charge in [-0.1, -0.05) is 30.3 Å². The fourth-order valence-electron chi connectivity index (χ4n) is 3.02. The lowest BCUT2D eigenvalue weighted by Crippen LogP contribution is -2.37. The van der Waals surface area contributed by atoms with E-state index in [9.17, 15) is 9.59 Å². The van der Waals surface area contributed by atoms with E-state index in [2.05, 4.69) is 0 Å². The standard InChI is InChI=1S/C17H23NO3/c1-12(13-6-4-3-5-7-13)18(2)16(19)14-8-10-15(11-9-14)17(20)21/h3-7,12,14-15H,8-11H2,1-2H3,(H,20,21)/t12-,14?,15?/m1/s1. The molecule has 4 heteroatoms. The number of nitrogens with zero attached hydrogens (tertiary/aromatic N) is 1. The number of rotatable bonds is 4. The van der Waals surface area contributed by atoms with Gasteiger partial charge < -0.3 is 10.0 Å². The van der Waals surface area contributed by atoms with Crippen LogP contribution in [0.25, 0.3) is 0 Å². The van der Waals surface area contributed by atoms with E-state index in [1.807, 2.05) is 44.3 Å². The van der Waals surface area contributed by atoms with Crippen molar-refractivity contribution in [2.45, 2.75) is 38.6 Å². The van der Waals surface area contributed by atoms with Crippen molar-refractivity contribution in [3.63, 3.8) is 0 Å². The van der Waals surface area contributed by atoms with E-state index in [0.717, 1.165) is 5.56 Å². The van der Waals surface area contributed by atoms with Crippen LogP contribution in [0.4, 0.5) is 0 Å². The molecule has 0 spiro atoms. The quantitative estimate of drug-likeness (QED) is 0.926. The lowest BCUT2D eigenvalue weighted by molar-refractivity contribution is -0.145. The molecule has 21 heavy (non-hydrogen) atoms. The average molecular weight is 289 g/mol. The van der Waals surface area contributed by atoms with Gasteiger partial charge in [0.1, 0.15) is 0 Å². The summed E-state index contributed by atoms with van der Waals surface area (Å²) in [5, 5.41) is 9.01. The number of hydrogen-bond donors (Lipinski definition) is 1. The van der Waals surface area contributed by atoms with Crippen molar-refractivity contribution in [2.24, 2.45) is 11.8 Å². The number of carbonyl (C=O) groups excluding carboxylic acids is 1. The zero-order valence-electron chi connectivity index (χ0n) is 12.7. The molecule has 1 amide bonds. The lowest BCUT2D eigenvalue weighted by atomic mass is 9.81. The van der Waals surface area contributed by atoms with Crippen LogP contribution in [0.3, 0.4) is 0 Å². The molecule has 0 unspecified atom stereocenters. The zero-order valence-corrected chi connectivity index (χ0v) is 12.7. The number of amides is 1. The third kappa shape index (κ3) is 3.63. The van der Waals surface area contributed by atoms with E-state index in [1.165, 1.54) is 0 Å². The molecule has 1 aromatic rings. The van der Waals surface area contributed by atoms with Gasteiger partial charge in [0.15, 0.2) is 0 Å². The fraction of sp³-hybridized carbons (Fsp3) is 0.529. The Hall–Kier alpha value is -1.84. The van der Waals surface area contributed by atoms with Crippen molar-refractivity contribution < 1.29 is 14.7 Å². The van der Waals surface area contributed by atoms with E-state index >= 15 is 0 Å². The van der Waals surface area contributed by atoms with Crippen molar-refractivity contribution >= 4 is 11.9 Å². The van der Waals surface area contributed by atoms with Crippen molar-refractivity contribution in [1.82, 2.24) is 4.90 Å². The second-order valence-electron chi connectivity index (χ2n) is 5.92. The van der Waals surface area contributed by atoms with Crippen LogP contribution in [0, 0.1) is 11.8 Å². The van der Waals surface area contributed by atoms with Crippen LogP contribution in [0.15, 0.2) is 30.3 Å². The summed E-state index contributed by atoms with van der Waals surface area (Å²) in [5.41, 5.74) is 1.12. The highest BCUT2D eigenvalue weighted by atomic mass is 16.4. The number of carbonyl (C=O) groups is 2. The van der Waals surface area contributed by atoms with E-state index in [-0.39, 0.29) is 23.8 Å². The summed E-state index contributed by atoms with van der Waals surface area (Å²) in [6.45, 7) is 2.02. The van der Waals surface area contributed by atoms with E-state index < -0.39 is 5.97 Å². The van der Waals surface area contributed by atoms with Gasteiger partial charge in [-0.2, -0.15) is 0 Å². The molecule has 1 atom stereocenters. The Morgan fingerprint density at radius 3 is 2.14 bits per heavy atom. The first kappa shape index (κ1) is 15.5. The molecule has 4 nitrogen and oxygen atoms in total. The molecule has 1 N–H and O–H groups in total. The molecule has 0 radical (unpaired) electrons. The normalized spacial score (nSPS) is 23.3. The first-order valence-electron chi connectivity index (χ1n) is 7.55. The molecule has 1 fully saturated rings. The summed E-state index contributed by atoms with van der Waals surface area (Å²) in [7, 11) is 1.84. The first-order valence-corrected chi connectivity index (χ1v) is 7.55. The second-order valence-corrected chi connectivity index (χ2v) is 5.92. The number of aliphatic carboxylic acids is 1. The molecule has 114 valence electrons. The second kappa shape index (κ2) is 6.74. The minimum absolute atomic E-state index is 0.0308. The highest BCUT2D eigenvalue weighted by Crippen LogP contribution is 2.31. The van der Waals surface area contributed by atoms with Gasteiger partial charge in [-0.25, -0.2) is 0 Å². The van der Waals surface area contributed by atoms with Crippen molar-refractivity contribution in [3.05, 3.63) is 35.9 Å². The Labute approximate surface area is 125 Å². The van der Waals surface area contributed by atoms with Crippen LogP contribution in [0.2, 0.25) is 0 Å². The molecule has 0 aliphatic heterocycles. The molecule has 1 saturated carbocycles. The Bertz CT molecular complexity index is 492. The van der Waals surface area contributed by atoms with Gasteiger partial charge >= 0.3 is 5.97 Å². The van der Waals surface area contributed by atoms with Gasteiger partial charge in [0.25, 0.3) is 0 Å². The van der Waals surface area contributed by atoms with Crippen molar-refractivity contribution in [1.29, 1.82) is 0 Å². The molecule has 0 heterocycles. The maximum Gasteiger partial charge on any atom is 0.306 e. The van der Waals surface area contributed by atoms with Crippen molar-refractivity contribution in [3.8, 4) is 0 Å². The molecular formula is C17H23NO3. The number of hydrogen-bond acceptors (Lipinski definition) is 2. The van der Waals surface area contributed by atoms with Crippen molar-refractivity contribution in [2.75, 3.05) is 7.05 Å². The summed E-state index contributed by atoms with van der Waals surface area (Å²) in [6, 6.07) is 10.00. The molecule has 0 bridgehead atoms. The summed E-state index contributed by atoms with van der Waals surface area (Å²) in [6.07, 6.45) is 2.59. The summed E-state index contributed by atoms with van der Waals surface area (Å²) in [4.78, 5) is 25.3. The van der Waals surface area contributed by atoms with Crippen LogP contribution >= 0.6 is 0 Å². The predicted octanol–water partition coefficient (Wildman–Crippen LogP) is 3.10. The van der Waals surface area contributed by atoms with Gasteiger partial charge in [0, 0.05) is 13.0 Å². The predicted molar refractivity (Wildman–Crippen MR) is 80.7 cm³/mol.